The van der Waals surface area contributed by atoms with Crippen LogP contribution in [0.5, 0.6) is 0 Å². The van der Waals surface area contributed by atoms with Crippen LogP contribution in [0.3, 0.4) is 0 Å². The van der Waals surface area contributed by atoms with E-state index in [0.29, 0.717) is 35.2 Å². The van der Waals surface area contributed by atoms with Gasteiger partial charge in [0.2, 0.25) is 11.9 Å². The third-order valence-corrected chi connectivity index (χ3v) is 16.7. The smallest absolute Gasteiger partial charge is 0.238 e. The summed E-state index contributed by atoms with van der Waals surface area (Å²) in [5.41, 5.74) is 14.9. The second kappa shape index (κ2) is 20.9. The normalized spacial score (nSPS) is 11.6. The molecule has 0 unspecified atom stereocenters. The summed E-state index contributed by atoms with van der Waals surface area (Å²) in [6.07, 6.45) is 0. The Morgan fingerprint density at radius 2 is 0.455 bits per heavy atom. The van der Waals surface area contributed by atoms with Crippen LogP contribution in [-0.4, -0.2) is 48.2 Å². The molecule has 10 nitrogen and oxygen atoms in total. The molecule has 88 heavy (non-hydrogen) atoms. The molecule has 10 heteroatoms. The van der Waals surface area contributed by atoms with Crippen molar-refractivity contribution >= 4 is 87.2 Å². The second-order valence-electron chi connectivity index (χ2n) is 21.9. The van der Waals surface area contributed by atoms with Gasteiger partial charge in [0.15, 0.2) is 23.3 Å². The molecular weight excluding hydrogens is 1080 g/mol. The first-order valence-corrected chi connectivity index (χ1v) is 29.5. The first-order valence-electron chi connectivity index (χ1n) is 29.5. The molecule has 0 fully saturated rings. The minimum absolute atomic E-state index is 0.589. The fourth-order valence-corrected chi connectivity index (χ4v) is 12.9. The standard InChI is InChI=1S/2C39H25N5/c1-4-14-26(15-5-1)37-40-38(27-16-6-2-7-17-27)42-39(41-37)44-34-23-13-11-21-30(34)32-24-31-29-20-10-12-22-33(29)43(35(31)25-36(32)44)28-18-8-3-9-19-28;1-4-14-26(15-5-1)37-40-38(27-16-6-2-7-17-27)42-39(41-37)44-32-23-13-11-21-30(32)36-34(44)25-24-33-35(36)29-20-10-12-22-31(29)43(33)28-18-8-3-9-19-28/h2*1-25H. The highest BCUT2D eigenvalue weighted by atomic mass is 15.2. The number of rotatable bonds is 8. The lowest BCUT2D eigenvalue weighted by Gasteiger charge is -2.11. The molecule has 6 aromatic heterocycles. The Labute approximate surface area is 504 Å². The molecule has 12 aromatic carbocycles. The molecule has 0 N–H and O–H groups in total. The molecule has 18 aromatic rings. The Balaban J connectivity index is 0.000000137. The van der Waals surface area contributed by atoms with Crippen molar-refractivity contribution in [1.82, 2.24) is 48.2 Å². The molecule has 0 radical (unpaired) electrons. The summed E-state index contributed by atoms with van der Waals surface area (Å²) in [6.45, 7) is 0. The first kappa shape index (κ1) is 50.4. The maximum absolute atomic E-state index is 5.11. The number of hydrogen-bond acceptors (Lipinski definition) is 6. The van der Waals surface area contributed by atoms with Gasteiger partial charge in [-0.3, -0.25) is 9.13 Å². The maximum atomic E-state index is 5.11. The van der Waals surface area contributed by atoms with Crippen molar-refractivity contribution in [2.45, 2.75) is 0 Å². The molecule has 0 spiro atoms. The number of aromatic nitrogens is 10. The molecule has 0 saturated heterocycles. The quantitative estimate of drug-likeness (QED) is 0.150. The predicted octanol–water partition coefficient (Wildman–Crippen LogP) is 18.8. The van der Waals surface area contributed by atoms with Gasteiger partial charge in [-0.1, -0.05) is 231 Å². The van der Waals surface area contributed by atoms with Gasteiger partial charge in [-0.05, 0) is 72.8 Å². The van der Waals surface area contributed by atoms with Crippen molar-refractivity contribution in [2.24, 2.45) is 0 Å². The lowest BCUT2D eigenvalue weighted by molar-refractivity contribution is 0.953. The molecule has 0 atom stereocenters. The molecule has 0 saturated carbocycles. The fourth-order valence-electron chi connectivity index (χ4n) is 12.9. The van der Waals surface area contributed by atoms with E-state index >= 15 is 0 Å². The molecule has 0 aliphatic carbocycles. The number of para-hydroxylation sites is 6. The van der Waals surface area contributed by atoms with Gasteiger partial charge < -0.3 is 9.13 Å². The molecule has 0 aliphatic rings. The number of fused-ring (bicyclic) bond motifs is 13. The van der Waals surface area contributed by atoms with Crippen LogP contribution in [0, 0.1) is 0 Å². The van der Waals surface area contributed by atoms with Crippen molar-refractivity contribution in [2.75, 3.05) is 0 Å². The largest absolute Gasteiger partial charge is 0.309 e. The minimum Gasteiger partial charge on any atom is -0.309 e. The maximum Gasteiger partial charge on any atom is 0.238 e. The molecule has 18 rings (SSSR count). The molecule has 0 bridgehead atoms. The molecule has 412 valence electrons. The van der Waals surface area contributed by atoms with E-state index in [2.05, 4.69) is 200 Å². The summed E-state index contributed by atoms with van der Waals surface area (Å²) in [5.74, 6) is 3.74. The van der Waals surface area contributed by atoms with Crippen LogP contribution in [0.15, 0.2) is 303 Å². The van der Waals surface area contributed by atoms with E-state index in [1.54, 1.807) is 0 Å². The highest BCUT2D eigenvalue weighted by Gasteiger charge is 2.24. The Morgan fingerprint density at radius 3 is 0.852 bits per heavy atom. The minimum atomic E-state index is 0.589. The van der Waals surface area contributed by atoms with Gasteiger partial charge in [-0.15, -0.1) is 0 Å². The lowest BCUT2D eigenvalue weighted by Crippen LogP contribution is -2.06. The Hall–Kier alpha value is -12.1. The van der Waals surface area contributed by atoms with Gasteiger partial charge in [0.25, 0.3) is 0 Å². The van der Waals surface area contributed by atoms with Crippen LogP contribution in [0.25, 0.3) is 156 Å². The third-order valence-electron chi connectivity index (χ3n) is 16.7. The van der Waals surface area contributed by atoms with Gasteiger partial charge in [0.1, 0.15) is 0 Å². The fraction of sp³-hybridized carbons (Fsp3) is 0. The first-order chi connectivity index (χ1) is 43.7. The van der Waals surface area contributed by atoms with E-state index in [-0.39, 0.29) is 0 Å². The average Bonchev–Trinajstić information content (AvgIpc) is 1.73. The van der Waals surface area contributed by atoms with Gasteiger partial charge in [-0.2, -0.15) is 19.9 Å². The molecule has 0 aliphatic heterocycles. The number of benzene rings is 12. The SMILES string of the molecule is c1ccc(-c2nc(-c3ccccc3)nc(-n3c4ccccc4c4c5c6ccccc6n(-c6ccccc6)c5ccc43)n2)cc1.c1ccc(-c2nc(-c3ccccc3)nc(-n3c4ccccc4c4cc5c6ccccc6n(-c6ccccc6)c5cc43)n2)cc1. The summed E-state index contributed by atoms with van der Waals surface area (Å²) in [5, 5.41) is 9.53. The summed E-state index contributed by atoms with van der Waals surface area (Å²) in [7, 11) is 0. The summed E-state index contributed by atoms with van der Waals surface area (Å²) in [4.78, 5) is 30.3. The highest BCUT2D eigenvalue weighted by molar-refractivity contribution is 6.29. The van der Waals surface area contributed by atoms with Gasteiger partial charge in [-0.25, -0.2) is 9.97 Å². The van der Waals surface area contributed by atoms with Crippen LogP contribution in [0.1, 0.15) is 0 Å². The Bertz CT molecular complexity index is 5550. The van der Waals surface area contributed by atoms with E-state index in [9.17, 15) is 0 Å². The van der Waals surface area contributed by atoms with Crippen LogP contribution in [-0.2, 0) is 0 Å². The van der Waals surface area contributed by atoms with Gasteiger partial charge in [0, 0.05) is 76.7 Å². The second-order valence-corrected chi connectivity index (χ2v) is 21.9. The Kier molecular flexibility index (Phi) is 12.0. The Morgan fingerprint density at radius 1 is 0.182 bits per heavy atom. The van der Waals surface area contributed by atoms with Crippen molar-refractivity contribution in [3.05, 3.63) is 303 Å². The van der Waals surface area contributed by atoms with E-state index < -0.39 is 0 Å². The van der Waals surface area contributed by atoms with Crippen molar-refractivity contribution in [3.63, 3.8) is 0 Å². The molecule has 0 amide bonds. The zero-order valence-corrected chi connectivity index (χ0v) is 47.3. The monoisotopic (exact) mass is 1130 g/mol. The van der Waals surface area contributed by atoms with E-state index in [4.69, 9.17) is 29.9 Å². The van der Waals surface area contributed by atoms with E-state index in [0.717, 1.165) is 77.4 Å². The lowest BCUT2D eigenvalue weighted by atomic mass is 10.1. The van der Waals surface area contributed by atoms with Crippen LogP contribution in [0.4, 0.5) is 0 Å². The van der Waals surface area contributed by atoms with E-state index in [1.165, 1.54) is 43.5 Å². The van der Waals surface area contributed by atoms with Crippen molar-refractivity contribution in [1.29, 1.82) is 0 Å². The number of nitrogens with zero attached hydrogens (tertiary/aromatic N) is 10. The highest BCUT2D eigenvalue weighted by Crippen LogP contribution is 2.43. The molecular formula is C78H50N10. The van der Waals surface area contributed by atoms with Crippen LogP contribution in [0.2, 0.25) is 0 Å². The topological polar surface area (TPSA) is 97.1 Å². The summed E-state index contributed by atoms with van der Waals surface area (Å²) < 4.78 is 9.10. The van der Waals surface area contributed by atoms with Gasteiger partial charge >= 0.3 is 0 Å². The van der Waals surface area contributed by atoms with E-state index in [1.807, 2.05) is 121 Å². The molecule has 6 heterocycles. The van der Waals surface area contributed by atoms with Crippen molar-refractivity contribution in [3.8, 4) is 68.8 Å². The average molecular weight is 1130 g/mol. The summed E-state index contributed by atoms with van der Waals surface area (Å²) >= 11 is 0. The zero-order chi connectivity index (χ0) is 58.1. The summed E-state index contributed by atoms with van der Waals surface area (Å²) in [6, 6.07) is 105. The zero-order valence-electron chi connectivity index (χ0n) is 47.3. The predicted molar refractivity (Wildman–Crippen MR) is 359 cm³/mol. The third kappa shape index (κ3) is 8.34. The van der Waals surface area contributed by atoms with Crippen LogP contribution < -0.4 is 0 Å². The van der Waals surface area contributed by atoms with Gasteiger partial charge in [0.05, 0.1) is 44.1 Å². The van der Waals surface area contributed by atoms with Crippen LogP contribution >= 0.6 is 0 Å². The number of hydrogen-bond donors (Lipinski definition) is 0. The van der Waals surface area contributed by atoms with Crippen molar-refractivity contribution < 1.29 is 0 Å².